The van der Waals surface area contributed by atoms with Crippen molar-refractivity contribution >= 4 is 13.7 Å². The van der Waals surface area contributed by atoms with E-state index in [4.69, 9.17) is 9.05 Å². The minimum absolute atomic E-state index is 0.0751. The highest BCUT2D eigenvalue weighted by atomic mass is 31.2. The molecule has 0 aliphatic carbocycles. The predicted molar refractivity (Wildman–Crippen MR) is 327 cm³/mol. The van der Waals surface area contributed by atoms with Crippen LogP contribution in [-0.4, -0.2) is 73.4 Å². The number of allylic oxidation sites excluding steroid dienone is 12. The van der Waals surface area contributed by atoms with Crippen LogP contribution in [0.4, 0.5) is 0 Å². The second-order valence-corrected chi connectivity index (χ2v) is 24.2. The molecule has 3 N–H and O–H groups in total. The number of phosphoric ester groups is 1. The van der Waals surface area contributed by atoms with Crippen molar-refractivity contribution in [1.82, 2.24) is 5.32 Å². The first kappa shape index (κ1) is 72.9. The van der Waals surface area contributed by atoms with Gasteiger partial charge >= 0.3 is 7.82 Å². The molecule has 0 aromatic heterocycles. The van der Waals surface area contributed by atoms with Crippen LogP contribution < -0.4 is 5.32 Å². The molecule has 75 heavy (non-hydrogen) atoms. The van der Waals surface area contributed by atoms with Gasteiger partial charge in [-0.25, -0.2) is 4.57 Å². The number of quaternary nitrogens is 1. The van der Waals surface area contributed by atoms with E-state index in [-0.39, 0.29) is 19.1 Å². The zero-order valence-electron chi connectivity index (χ0n) is 50.0. The molecule has 0 saturated heterocycles. The highest BCUT2D eigenvalue weighted by Crippen LogP contribution is 2.43. The fraction of sp³-hybridized carbons (Fsp3) is 0.803. The van der Waals surface area contributed by atoms with Gasteiger partial charge in [0.1, 0.15) is 13.2 Å². The standard InChI is InChI=1S/C66H123N2O6P/c1-6-8-10-12-14-16-18-20-21-22-23-24-25-26-27-28-29-30-31-32-33-34-35-36-37-38-39-40-41-42-43-44-45-46-47-48-50-52-54-56-58-60-66(70)67-64(63-74-75(71,72)73-62-61-68(3,4)5)65(69)59-57-55-53-51-49-19-17-15-13-11-9-7-2/h8,10,14,16,20-21,23-24,26-27,29-30,64-65,69H,6-7,9,11-13,15,17-19,22,25,28,31-63H2,1-5H3,(H-,67,70,71,72)/p+1/b10-8-,16-14-,21-20-,24-23-,27-26-,30-29-. The van der Waals surface area contributed by atoms with Crippen LogP contribution in [0.3, 0.4) is 0 Å². The number of hydrogen-bond donors (Lipinski definition) is 3. The number of amides is 1. The molecule has 1 amide bonds. The Labute approximate surface area is 465 Å². The molecule has 0 fully saturated rings. The molecule has 8 nitrogen and oxygen atoms in total. The molecule has 3 unspecified atom stereocenters. The van der Waals surface area contributed by atoms with E-state index < -0.39 is 20.0 Å². The highest BCUT2D eigenvalue weighted by molar-refractivity contribution is 7.47. The molecular weight excluding hydrogens is 948 g/mol. The van der Waals surface area contributed by atoms with Crippen molar-refractivity contribution in [3.8, 4) is 0 Å². The first-order valence-corrected chi connectivity index (χ1v) is 33.3. The summed E-state index contributed by atoms with van der Waals surface area (Å²) < 4.78 is 23.7. The van der Waals surface area contributed by atoms with Crippen molar-refractivity contribution in [3.63, 3.8) is 0 Å². The van der Waals surface area contributed by atoms with Gasteiger partial charge in [-0.1, -0.05) is 292 Å². The lowest BCUT2D eigenvalue weighted by Gasteiger charge is -2.26. The van der Waals surface area contributed by atoms with Gasteiger partial charge < -0.3 is 19.8 Å². The molecule has 0 aliphatic heterocycles. The summed E-state index contributed by atoms with van der Waals surface area (Å²) in [6, 6.07) is -0.759. The first-order chi connectivity index (χ1) is 36.5. The maximum Gasteiger partial charge on any atom is 0.472 e. The summed E-state index contributed by atoms with van der Waals surface area (Å²) in [5, 5.41) is 14.0. The van der Waals surface area contributed by atoms with Gasteiger partial charge in [-0.05, 0) is 64.2 Å². The Kier molecular flexibility index (Phi) is 55.1. The van der Waals surface area contributed by atoms with Crippen LogP contribution in [0.5, 0.6) is 0 Å². The summed E-state index contributed by atoms with van der Waals surface area (Å²) in [5.74, 6) is -0.142. The van der Waals surface area contributed by atoms with Crippen molar-refractivity contribution in [2.45, 2.75) is 302 Å². The number of aliphatic hydroxyl groups excluding tert-OH is 1. The Balaban J connectivity index is 3.85. The lowest BCUT2D eigenvalue weighted by Crippen LogP contribution is -2.46. The smallest absolute Gasteiger partial charge is 0.391 e. The minimum Gasteiger partial charge on any atom is -0.391 e. The van der Waals surface area contributed by atoms with Crippen LogP contribution in [0.25, 0.3) is 0 Å². The molecule has 0 rings (SSSR count). The van der Waals surface area contributed by atoms with Crippen molar-refractivity contribution in [3.05, 3.63) is 72.9 Å². The zero-order valence-corrected chi connectivity index (χ0v) is 50.9. The summed E-state index contributed by atoms with van der Waals surface area (Å²) in [6.07, 6.45) is 78.6. The van der Waals surface area contributed by atoms with Crippen LogP contribution in [0.2, 0.25) is 0 Å². The molecule has 438 valence electrons. The Morgan fingerprint density at radius 1 is 0.467 bits per heavy atom. The fourth-order valence-electron chi connectivity index (χ4n) is 9.29. The number of aliphatic hydroxyl groups is 1. The molecule has 0 aromatic carbocycles. The van der Waals surface area contributed by atoms with E-state index in [2.05, 4.69) is 92.1 Å². The molecule has 0 bridgehead atoms. The zero-order chi connectivity index (χ0) is 54.9. The number of carbonyl (C=O) groups is 1. The quantitative estimate of drug-likeness (QED) is 0.0243. The van der Waals surface area contributed by atoms with Gasteiger partial charge in [-0.2, -0.15) is 0 Å². The van der Waals surface area contributed by atoms with Gasteiger partial charge in [0.05, 0.1) is 39.9 Å². The second-order valence-electron chi connectivity index (χ2n) is 22.8. The van der Waals surface area contributed by atoms with E-state index in [0.29, 0.717) is 23.9 Å². The summed E-state index contributed by atoms with van der Waals surface area (Å²) >= 11 is 0. The van der Waals surface area contributed by atoms with Gasteiger partial charge in [-0.15, -0.1) is 0 Å². The van der Waals surface area contributed by atoms with E-state index in [0.717, 1.165) is 77.0 Å². The normalized spacial score (nSPS) is 14.3. The summed E-state index contributed by atoms with van der Waals surface area (Å²) in [5.41, 5.74) is 0. The number of carbonyl (C=O) groups excluding carboxylic acids is 1. The maximum atomic E-state index is 13.0. The van der Waals surface area contributed by atoms with Gasteiger partial charge in [0.25, 0.3) is 0 Å². The maximum absolute atomic E-state index is 13.0. The summed E-state index contributed by atoms with van der Waals surface area (Å²) in [4.78, 5) is 23.3. The van der Waals surface area contributed by atoms with Crippen molar-refractivity contribution in [2.75, 3.05) is 40.9 Å². The van der Waals surface area contributed by atoms with Crippen LogP contribution in [-0.2, 0) is 18.4 Å². The average Bonchev–Trinajstić information content (AvgIpc) is 3.37. The van der Waals surface area contributed by atoms with E-state index in [9.17, 15) is 19.4 Å². The monoisotopic (exact) mass is 1070 g/mol. The van der Waals surface area contributed by atoms with Crippen LogP contribution in [0, 0.1) is 0 Å². The number of nitrogens with zero attached hydrogens (tertiary/aromatic N) is 1. The Bertz CT molecular complexity index is 1450. The molecule has 9 heteroatoms. The number of likely N-dealkylation sites (N-methyl/N-ethyl adjacent to an activating group) is 1. The topological polar surface area (TPSA) is 105 Å². The number of hydrogen-bond acceptors (Lipinski definition) is 5. The second kappa shape index (κ2) is 56.7. The molecule has 0 heterocycles. The van der Waals surface area contributed by atoms with E-state index >= 15 is 0 Å². The van der Waals surface area contributed by atoms with E-state index in [1.807, 2.05) is 21.1 Å². The molecule has 0 radical (unpaired) electrons. The number of phosphoric acid groups is 1. The molecule has 0 aliphatic rings. The Morgan fingerprint density at radius 2 is 0.800 bits per heavy atom. The van der Waals surface area contributed by atoms with Crippen LogP contribution in [0.1, 0.15) is 290 Å². The van der Waals surface area contributed by atoms with Crippen molar-refractivity contribution in [2.24, 2.45) is 0 Å². The number of rotatable bonds is 58. The average molecular weight is 1070 g/mol. The SMILES string of the molecule is CC/C=C\C/C=C\C/C=C\C/C=C\C/C=C\C/C=C\CCCCCCCCCCCCCCCCCCCCCCCCC(=O)NC(COP(=O)(O)OCC[N+](C)(C)C)C(O)CCCCCCCCCCCCCC. The van der Waals surface area contributed by atoms with Gasteiger partial charge in [-0.3, -0.25) is 13.8 Å². The molecular formula is C66H124N2O6P+. The van der Waals surface area contributed by atoms with E-state index in [1.165, 1.54) is 186 Å². The van der Waals surface area contributed by atoms with E-state index in [1.54, 1.807) is 0 Å². The Morgan fingerprint density at radius 3 is 1.17 bits per heavy atom. The minimum atomic E-state index is -4.32. The fourth-order valence-corrected chi connectivity index (χ4v) is 10.0. The number of unbranched alkanes of at least 4 members (excludes halogenated alkanes) is 33. The summed E-state index contributed by atoms with van der Waals surface area (Å²) in [7, 11) is 1.62. The van der Waals surface area contributed by atoms with Crippen molar-refractivity contribution in [1.29, 1.82) is 0 Å². The van der Waals surface area contributed by atoms with Gasteiger partial charge in [0.2, 0.25) is 5.91 Å². The van der Waals surface area contributed by atoms with Gasteiger partial charge in [0.15, 0.2) is 0 Å². The third-order valence-electron chi connectivity index (χ3n) is 14.2. The third kappa shape index (κ3) is 59.4. The Hall–Kier alpha value is -2.06. The van der Waals surface area contributed by atoms with Crippen LogP contribution >= 0.6 is 7.82 Å². The predicted octanol–water partition coefficient (Wildman–Crippen LogP) is 19.8. The first-order valence-electron chi connectivity index (χ1n) is 31.8. The lowest BCUT2D eigenvalue weighted by atomic mass is 10.0. The molecule has 0 aromatic rings. The van der Waals surface area contributed by atoms with Crippen molar-refractivity contribution < 1.29 is 32.9 Å². The third-order valence-corrected chi connectivity index (χ3v) is 15.2. The molecule has 0 saturated carbocycles. The molecule has 3 atom stereocenters. The van der Waals surface area contributed by atoms with Crippen LogP contribution in [0.15, 0.2) is 72.9 Å². The largest absolute Gasteiger partial charge is 0.472 e. The highest BCUT2D eigenvalue weighted by Gasteiger charge is 2.28. The molecule has 0 spiro atoms. The lowest BCUT2D eigenvalue weighted by molar-refractivity contribution is -0.870. The van der Waals surface area contributed by atoms with Gasteiger partial charge in [0, 0.05) is 6.42 Å². The number of nitrogens with one attached hydrogen (secondary N) is 1. The summed E-state index contributed by atoms with van der Waals surface area (Å²) in [6.45, 7) is 4.78.